The molecule has 9 nitrogen and oxygen atoms in total. The Morgan fingerprint density at radius 1 is 0.938 bits per heavy atom. The van der Waals surface area contributed by atoms with Crippen molar-refractivity contribution in [2.24, 2.45) is 50.7 Å². The molecule has 1 N–H and O–H groups in total. The third kappa shape index (κ3) is 4.19. The van der Waals surface area contributed by atoms with Crippen LogP contribution in [-0.4, -0.2) is 104 Å². The number of carbonyl (C=O) groups is 1. The summed E-state index contributed by atoms with van der Waals surface area (Å²) in [6.45, 7) is 20.4. The van der Waals surface area contributed by atoms with Crippen LogP contribution in [0.1, 0.15) is 99.8 Å². The summed E-state index contributed by atoms with van der Waals surface area (Å²) in [4.78, 5) is 14.6. The molecule has 4 saturated heterocycles. The lowest BCUT2D eigenvalue weighted by Gasteiger charge is -2.64. The van der Waals surface area contributed by atoms with Crippen LogP contribution in [0.3, 0.4) is 0 Å². The average molecular weight is 672 g/mol. The van der Waals surface area contributed by atoms with E-state index in [2.05, 4.69) is 39.5 Å². The Kier molecular flexibility index (Phi) is 7.32. The monoisotopic (exact) mass is 671 g/mol. The van der Waals surface area contributed by atoms with Gasteiger partial charge >= 0.3 is 5.97 Å². The van der Waals surface area contributed by atoms with Crippen molar-refractivity contribution >= 4 is 5.97 Å². The summed E-state index contributed by atoms with van der Waals surface area (Å²) in [5.41, 5.74) is -0.246. The van der Waals surface area contributed by atoms with Crippen LogP contribution in [0.4, 0.5) is 0 Å². The predicted molar refractivity (Wildman–Crippen MR) is 177 cm³/mol. The smallest absolute Gasteiger partial charge is 0.332 e. The summed E-state index contributed by atoms with van der Waals surface area (Å²) in [6, 6.07) is 0.517. The number of nitrogens with zero attached hydrogens (tertiary/aromatic N) is 1. The first kappa shape index (κ1) is 33.1. The number of hydrogen-bond acceptors (Lipinski definition) is 9. The molecule has 0 aromatic carbocycles. The number of esters is 1. The van der Waals surface area contributed by atoms with Crippen molar-refractivity contribution in [2.75, 3.05) is 39.5 Å². The second-order valence-electron chi connectivity index (χ2n) is 19.5. The molecule has 0 radical (unpaired) electrons. The van der Waals surface area contributed by atoms with Crippen molar-refractivity contribution in [3.05, 3.63) is 0 Å². The van der Waals surface area contributed by atoms with Crippen molar-refractivity contribution in [1.29, 1.82) is 0 Å². The van der Waals surface area contributed by atoms with E-state index in [-0.39, 0.29) is 59.5 Å². The lowest BCUT2D eigenvalue weighted by molar-refractivity contribution is -0.256. The number of aliphatic hydroxyl groups excluding tert-OH is 1. The van der Waals surface area contributed by atoms with Gasteiger partial charge in [-0.05, 0) is 111 Å². The lowest BCUT2D eigenvalue weighted by Crippen LogP contribution is -2.60. The number of cyclic esters (lactones) is 1. The molecule has 48 heavy (non-hydrogen) atoms. The Morgan fingerprint density at radius 2 is 1.69 bits per heavy atom. The van der Waals surface area contributed by atoms with E-state index in [1.807, 2.05) is 13.8 Å². The SMILES string of the molecule is C[C@@H]1CC([C@@H]2OCC(=O)OC2(C)C)OC2[C@H]1[C@@]1(C)CC[C@@]34CC35CC[C@H](OC3CN(C6COC6)CCO3)C(C)(C)[C@@H]5CCC4[C@]1(C)[C@H]2O. The maximum absolute atomic E-state index is 12.6. The fourth-order valence-electron chi connectivity index (χ4n) is 14.7. The standard InChI is InChI=1S/C39H61NO8/c1-22-16-24(33-35(4,5)48-28(41)20-45-33)46-31-30(22)36(6)12-13-39-21-38(39)11-10-27(47-29-17-40(14-15-44-29)23-18-43-19-23)34(2,3)25(38)8-9-26(39)37(36,7)32(31)42/h22-27,29-33,42H,8-21H2,1-7H3/t22-,24?,25+,26?,27+,29?,30+,31?,32+,33+,36-,37-,38?,39+/m1/s1. The summed E-state index contributed by atoms with van der Waals surface area (Å²) in [5.74, 6) is 1.48. The molecule has 9 aliphatic rings. The largest absolute Gasteiger partial charge is 0.455 e. The van der Waals surface area contributed by atoms with Gasteiger partial charge in [0.15, 0.2) is 6.29 Å². The molecule has 9 heteroatoms. The zero-order chi connectivity index (χ0) is 33.6. The topological polar surface area (TPSA) is 95.9 Å². The molecule has 9 rings (SSSR count). The third-order valence-electron chi connectivity index (χ3n) is 17.1. The van der Waals surface area contributed by atoms with Gasteiger partial charge in [-0.2, -0.15) is 0 Å². The van der Waals surface area contributed by atoms with Crippen LogP contribution in [-0.2, 0) is 33.2 Å². The van der Waals surface area contributed by atoms with Gasteiger partial charge in [0.1, 0.15) is 18.3 Å². The molecule has 270 valence electrons. The molecule has 0 amide bonds. The number of ether oxygens (including phenoxy) is 6. The van der Waals surface area contributed by atoms with Gasteiger partial charge in [0.05, 0.1) is 56.8 Å². The summed E-state index contributed by atoms with van der Waals surface area (Å²) >= 11 is 0. The van der Waals surface area contributed by atoms with Crippen LogP contribution < -0.4 is 0 Å². The lowest BCUT2D eigenvalue weighted by atomic mass is 9.41. The van der Waals surface area contributed by atoms with Gasteiger partial charge < -0.3 is 33.5 Å². The first-order chi connectivity index (χ1) is 22.7. The number of hydrogen-bond donors (Lipinski definition) is 1. The first-order valence-corrected chi connectivity index (χ1v) is 19.4. The van der Waals surface area contributed by atoms with Gasteiger partial charge in [-0.15, -0.1) is 0 Å². The Hall–Kier alpha value is -0.810. The van der Waals surface area contributed by atoms with Gasteiger partial charge in [0.25, 0.3) is 0 Å². The highest BCUT2D eigenvalue weighted by Crippen LogP contribution is 2.89. The van der Waals surface area contributed by atoms with Gasteiger partial charge in [-0.3, -0.25) is 4.90 Å². The summed E-state index contributed by atoms with van der Waals surface area (Å²) in [7, 11) is 0. The van der Waals surface area contributed by atoms with E-state index in [9.17, 15) is 9.90 Å². The van der Waals surface area contributed by atoms with E-state index in [1.165, 1.54) is 32.1 Å². The highest BCUT2D eigenvalue weighted by molar-refractivity contribution is 5.72. The van der Waals surface area contributed by atoms with Gasteiger partial charge in [-0.25, -0.2) is 4.79 Å². The van der Waals surface area contributed by atoms with E-state index in [0.717, 1.165) is 52.2 Å². The van der Waals surface area contributed by atoms with Crippen LogP contribution in [0, 0.1) is 50.7 Å². The maximum Gasteiger partial charge on any atom is 0.332 e. The van der Waals surface area contributed by atoms with Gasteiger partial charge in [-0.1, -0.05) is 34.6 Å². The molecule has 4 aliphatic heterocycles. The molecular formula is C39H61NO8. The highest BCUT2D eigenvalue weighted by atomic mass is 16.7. The molecule has 14 atom stereocenters. The minimum atomic E-state index is -0.761. The molecule has 5 saturated carbocycles. The summed E-state index contributed by atoms with van der Waals surface area (Å²) in [6.07, 6.45) is 8.05. The van der Waals surface area contributed by atoms with Crippen molar-refractivity contribution < 1.29 is 38.3 Å². The van der Waals surface area contributed by atoms with Gasteiger partial charge in [0.2, 0.25) is 0 Å². The van der Waals surface area contributed by atoms with Crippen molar-refractivity contribution in [3.63, 3.8) is 0 Å². The second-order valence-corrected chi connectivity index (χ2v) is 19.5. The molecule has 5 unspecified atom stereocenters. The van der Waals surface area contributed by atoms with E-state index in [1.54, 1.807) is 0 Å². The van der Waals surface area contributed by atoms with Crippen LogP contribution >= 0.6 is 0 Å². The molecular weight excluding hydrogens is 610 g/mol. The quantitative estimate of drug-likeness (QED) is 0.416. The number of morpholine rings is 1. The number of aliphatic hydroxyl groups is 1. The second kappa shape index (κ2) is 10.6. The van der Waals surface area contributed by atoms with Crippen LogP contribution in [0.5, 0.6) is 0 Å². The number of rotatable bonds is 4. The first-order valence-electron chi connectivity index (χ1n) is 19.4. The van der Waals surface area contributed by atoms with Crippen LogP contribution in [0.2, 0.25) is 0 Å². The average Bonchev–Trinajstić information content (AvgIpc) is 3.62. The molecule has 4 heterocycles. The highest BCUT2D eigenvalue weighted by Gasteiger charge is 2.84. The molecule has 0 bridgehead atoms. The van der Waals surface area contributed by atoms with E-state index in [4.69, 9.17) is 28.4 Å². The van der Waals surface area contributed by atoms with Gasteiger partial charge in [0, 0.05) is 12.0 Å². The number of fused-ring (bicyclic) bond motifs is 4. The molecule has 9 fully saturated rings. The predicted octanol–water partition coefficient (Wildman–Crippen LogP) is 4.96. The Labute approximate surface area is 287 Å². The van der Waals surface area contributed by atoms with E-state index >= 15 is 0 Å². The van der Waals surface area contributed by atoms with Crippen LogP contribution in [0.15, 0.2) is 0 Å². The normalized spacial score (nSPS) is 55.6. The molecule has 5 aliphatic carbocycles. The summed E-state index contributed by atoms with van der Waals surface area (Å²) < 4.78 is 37.5. The molecule has 0 aromatic rings. The van der Waals surface area contributed by atoms with Crippen molar-refractivity contribution in [3.8, 4) is 0 Å². The van der Waals surface area contributed by atoms with Crippen molar-refractivity contribution in [2.45, 2.75) is 148 Å². The fourth-order valence-corrected chi connectivity index (χ4v) is 14.7. The summed E-state index contributed by atoms with van der Waals surface area (Å²) in [5, 5.41) is 12.6. The minimum absolute atomic E-state index is 0.00884. The van der Waals surface area contributed by atoms with Crippen molar-refractivity contribution in [1.82, 2.24) is 4.90 Å². The number of carbonyl (C=O) groups excluding carboxylic acids is 1. The zero-order valence-electron chi connectivity index (χ0n) is 30.5. The zero-order valence-corrected chi connectivity index (χ0v) is 30.5. The van der Waals surface area contributed by atoms with E-state index in [0.29, 0.717) is 40.5 Å². The molecule has 0 aromatic heterocycles. The molecule has 2 spiro atoms. The maximum atomic E-state index is 12.6. The van der Waals surface area contributed by atoms with Crippen LogP contribution in [0.25, 0.3) is 0 Å². The Bertz CT molecular complexity index is 1320. The third-order valence-corrected chi connectivity index (χ3v) is 17.1. The Balaban J connectivity index is 0.950. The minimum Gasteiger partial charge on any atom is -0.455 e. The fraction of sp³-hybridized carbons (Fsp3) is 0.974. The van der Waals surface area contributed by atoms with E-state index < -0.39 is 11.7 Å². The Morgan fingerprint density at radius 3 is 2.42 bits per heavy atom.